The Morgan fingerprint density at radius 3 is 2.81 bits per heavy atom. The number of para-hydroxylation sites is 1. The molecule has 6 heteroatoms. The van der Waals surface area contributed by atoms with E-state index in [1.54, 1.807) is 12.3 Å². The third-order valence-corrected chi connectivity index (χ3v) is 4.74. The van der Waals surface area contributed by atoms with Gasteiger partial charge in [-0.25, -0.2) is 0 Å². The second-order valence-electron chi connectivity index (χ2n) is 6.78. The summed E-state index contributed by atoms with van der Waals surface area (Å²) in [5.74, 6) is -0.508. The van der Waals surface area contributed by atoms with E-state index in [2.05, 4.69) is 15.2 Å². The smallest absolute Gasteiger partial charge is 0.257 e. The Morgan fingerprint density at radius 1 is 1.27 bits per heavy atom. The van der Waals surface area contributed by atoms with E-state index in [-0.39, 0.29) is 17.7 Å². The van der Waals surface area contributed by atoms with Gasteiger partial charge in [0.2, 0.25) is 5.91 Å². The number of carbonyl (C=O) groups excluding carboxylic acids is 2. The number of nitrogens with one attached hydrogen (secondary N) is 1. The van der Waals surface area contributed by atoms with E-state index in [4.69, 9.17) is 5.73 Å². The quantitative estimate of drug-likeness (QED) is 0.864. The highest BCUT2D eigenvalue weighted by Gasteiger charge is 2.24. The first kappa shape index (κ1) is 18.1. The molecule has 1 aromatic carbocycles. The Hall–Kier alpha value is -2.73. The lowest BCUT2D eigenvalue weighted by Crippen LogP contribution is -2.40. The molecule has 1 atom stereocenters. The van der Waals surface area contributed by atoms with E-state index in [0.29, 0.717) is 18.7 Å². The van der Waals surface area contributed by atoms with E-state index in [9.17, 15) is 9.59 Å². The van der Waals surface area contributed by atoms with E-state index in [1.165, 1.54) is 0 Å². The molecule has 3 rings (SSSR count). The van der Waals surface area contributed by atoms with Gasteiger partial charge in [-0.3, -0.25) is 19.5 Å². The minimum absolute atomic E-state index is 0.0934. The van der Waals surface area contributed by atoms with Crippen molar-refractivity contribution in [2.24, 2.45) is 11.7 Å². The highest BCUT2D eigenvalue weighted by Crippen LogP contribution is 2.22. The van der Waals surface area contributed by atoms with Crippen LogP contribution in [0.5, 0.6) is 0 Å². The maximum absolute atomic E-state index is 12.5. The number of benzene rings is 1. The van der Waals surface area contributed by atoms with Gasteiger partial charge < -0.3 is 11.1 Å². The Bertz CT molecular complexity index is 789. The van der Waals surface area contributed by atoms with Crippen molar-refractivity contribution in [1.29, 1.82) is 0 Å². The van der Waals surface area contributed by atoms with Crippen LogP contribution in [-0.4, -0.2) is 34.8 Å². The number of hydrogen-bond donors (Lipinski definition) is 2. The van der Waals surface area contributed by atoms with Gasteiger partial charge in [0.1, 0.15) is 0 Å². The summed E-state index contributed by atoms with van der Waals surface area (Å²) < 4.78 is 0. The maximum atomic E-state index is 12.5. The zero-order valence-electron chi connectivity index (χ0n) is 14.9. The van der Waals surface area contributed by atoms with Gasteiger partial charge in [0.15, 0.2) is 0 Å². The van der Waals surface area contributed by atoms with Gasteiger partial charge in [-0.15, -0.1) is 0 Å². The van der Waals surface area contributed by atoms with Crippen molar-refractivity contribution >= 4 is 17.5 Å². The minimum atomic E-state index is -0.233. The largest absolute Gasteiger partial charge is 0.369 e. The van der Waals surface area contributed by atoms with Crippen LogP contribution in [0.4, 0.5) is 5.69 Å². The first-order valence-electron chi connectivity index (χ1n) is 8.86. The number of aromatic nitrogens is 1. The predicted molar refractivity (Wildman–Crippen MR) is 101 cm³/mol. The molecule has 1 fully saturated rings. The molecule has 1 aliphatic rings. The summed E-state index contributed by atoms with van der Waals surface area (Å²) in [6.07, 6.45) is 3.39. The standard InChI is InChI=1S/C20H24N4O2/c1-14-8-9-15(11-22-14)20(26)23-18-7-3-2-5-16(18)12-24-10-4-6-17(13-24)19(21)25/h2-3,5,7-9,11,17H,4,6,10,12-13H2,1H3,(H2,21,25)(H,23,26). The van der Waals surface area contributed by atoms with Crippen LogP contribution >= 0.6 is 0 Å². The van der Waals surface area contributed by atoms with Crippen LogP contribution in [0.3, 0.4) is 0 Å². The van der Waals surface area contributed by atoms with Crippen LogP contribution in [0.15, 0.2) is 42.6 Å². The van der Waals surface area contributed by atoms with Crippen molar-refractivity contribution in [3.63, 3.8) is 0 Å². The fourth-order valence-electron chi connectivity index (χ4n) is 3.25. The number of amides is 2. The van der Waals surface area contributed by atoms with Gasteiger partial charge in [0.25, 0.3) is 5.91 Å². The second-order valence-corrected chi connectivity index (χ2v) is 6.78. The molecular formula is C20H24N4O2. The van der Waals surface area contributed by atoms with Crippen LogP contribution in [0.2, 0.25) is 0 Å². The molecule has 0 radical (unpaired) electrons. The molecule has 0 saturated carbocycles. The highest BCUT2D eigenvalue weighted by molar-refractivity contribution is 6.04. The Balaban J connectivity index is 1.71. The van der Waals surface area contributed by atoms with Crippen molar-refractivity contribution in [3.05, 3.63) is 59.4 Å². The number of hydrogen-bond acceptors (Lipinski definition) is 4. The summed E-state index contributed by atoms with van der Waals surface area (Å²) in [6, 6.07) is 11.3. The average Bonchev–Trinajstić information content (AvgIpc) is 2.64. The van der Waals surface area contributed by atoms with E-state index in [0.717, 1.165) is 36.3 Å². The molecule has 1 aromatic heterocycles. The molecule has 3 N–H and O–H groups in total. The molecule has 2 heterocycles. The summed E-state index contributed by atoms with van der Waals surface area (Å²) in [6.45, 7) is 4.15. The van der Waals surface area contributed by atoms with E-state index >= 15 is 0 Å². The monoisotopic (exact) mass is 352 g/mol. The fourth-order valence-corrected chi connectivity index (χ4v) is 3.25. The molecule has 1 saturated heterocycles. The molecule has 6 nitrogen and oxygen atoms in total. The number of anilines is 1. The fraction of sp³-hybridized carbons (Fsp3) is 0.350. The van der Waals surface area contributed by atoms with Crippen molar-refractivity contribution < 1.29 is 9.59 Å². The Kier molecular flexibility index (Phi) is 5.63. The third-order valence-electron chi connectivity index (χ3n) is 4.74. The van der Waals surface area contributed by atoms with Gasteiger partial charge in [-0.1, -0.05) is 18.2 Å². The normalized spacial score (nSPS) is 17.7. The van der Waals surface area contributed by atoms with Gasteiger partial charge in [0.05, 0.1) is 11.5 Å². The summed E-state index contributed by atoms with van der Waals surface area (Å²) in [5.41, 5.74) is 8.66. The number of piperidine rings is 1. The SMILES string of the molecule is Cc1ccc(C(=O)Nc2ccccc2CN2CCCC(C(N)=O)C2)cn1. The van der Waals surface area contributed by atoms with Gasteiger partial charge in [-0.2, -0.15) is 0 Å². The predicted octanol–water partition coefficient (Wildman–Crippen LogP) is 2.34. The van der Waals surface area contributed by atoms with Crippen molar-refractivity contribution in [2.45, 2.75) is 26.3 Å². The highest BCUT2D eigenvalue weighted by atomic mass is 16.2. The average molecular weight is 352 g/mol. The number of likely N-dealkylation sites (tertiary alicyclic amines) is 1. The third kappa shape index (κ3) is 4.46. The van der Waals surface area contributed by atoms with Gasteiger partial charge in [-0.05, 0) is 50.1 Å². The molecule has 136 valence electrons. The molecule has 2 amide bonds. The van der Waals surface area contributed by atoms with Crippen molar-refractivity contribution in [2.75, 3.05) is 18.4 Å². The minimum Gasteiger partial charge on any atom is -0.369 e. The maximum Gasteiger partial charge on any atom is 0.257 e. The lowest BCUT2D eigenvalue weighted by Gasteiger charge is -2.31. The zero-order valence-corrected chi connectivity index (χ0v) is 14.9. The molecule has 2 aromatic rings. The topological polar surface area (TPSA) is 88.3 Å². The lowest BCUT2D eigenvalue weighted by molar-refractivity contribution is -0.123. The number of nitrogens with two attached hydrogens (primary N) is 1. The van der Waals surface area contributed by atoms with E-state index in [1.807, 2.05) is 37.3 Å². The summed E-state index contributed by atoms with van der Waals surface area (Å²) in [7, 11) is 0. The van der Waals surface area contributed by atoms with Gasteiger partial charge in [0, 0.05) is 30.7 Å². The molecular weight excluding hydrogens is 328 g/mol. The molecule has 1 unspecified atom stereocenters. The zero-order chi connectivity index (χ0) is 18.5. The second kappa shape index (κ2) is 8.10. The first-order chi connectivity index (χ1) is 12.5. The van der Waals surface area contributed by atoms with E-state index < -0.39 is 0 Å². The molecule has 1 aliphatic heterocycles. The van der Waals surface area contributed by atoms with Crippen LogP contribution in [0.1, 0.15) is 34.5 Å². The summed E-state index contributed by atoms with van der Waals surface area (Å²) in [4.78, 5) is 30.4. The van der Waals surface area contributed by atoms with Gasteiger partial charge >= 0.3 is 0 Å². The number of rotatable bonds is 5. The number of aryl methyl sites for hydroxylation is 1. The van der Waals surface area contributed by atoms with Crippen LogP contribution in [0.25, 0.3) is 0 Å². The molecule has 0 spiro atoms. The first-order valence-corrected chi connectivity index (χ1v) is 8.86. The number of nitrogens with zero attached hydrogens (tertiary/aromatic N) is 2. The molecule has 0 aliphatic carbocycles. The number of pyridine rings is 1. The Morgan fingerprint density at radius 2 is 2.08 bits per heavy atom. The van der Waals surface area contributed by atoms with Crippen LogP contribution in [-0.2, 0) is 11.3 Å². The number of primary amides is 1. The van der Waals surface area contributed by atoms with Crippen molar-refractivity contribution in [1.82, 2.24) is 9.88 Å². The molecule has 0 bridgehead atoms. The van der Waals surface area contributed by atoms with Crippen molar-refractivity contribution in [3.8, 4) is 0 Å². The lowest BCUT2D eigenvalue weighted by atomic mass is 9.97. The summed E-state index contributed by atoms with van der Waals surface area (Å²) in [5, 5.41) is 2.97. The van der Waals surface area contributed by atoms with Crippen LogP contribution < -0.4 is 11.1 Å². The number of carbonyl (C=O) groups is 2. The van der Waals surface area contributed by atoms with Crippen LogP contribution in [0, 0.1) is 12.8 Å². The summed E-state index contributed by atoms with van der Waals surface area (Å²) >= 11 is 0. The molecule has 26 heavy (non-hydrogen) atoms. The Labute approximate surface area is 153 Å².